The van der Waals surface area contributed by atoms with Gasteiger partial charge in [0.05, 0.1) is 13.7 Å². The molecule has 0 aliphatic heterocycles. The minimum absolute atomic E-state index is 0.132. The average Bonchev–Trinajstić information content (AvgIpc) is 2.71. The van der Waals surface area contributed by atoms with Gasteiger partial charge in [0.25, 0.3) is 0 Å². The fourth-order valence-corrected chi connectivity index (χ4v) is 1.73. The van der Waals surface area contributed by atoms with Gasteiger partial charge in [-0.25, -0.2) is 4.79 Å². The summed E-state index contributed by atoms with van der Waals surface area (Å²) in [6, 6.07) is 1.75. The van der Waals surface area contributed by atoms with E-state index < -0.39 is 0 Å². The van der Waals surface area contributed by atoms with Crippen LogP contribution in [0.5, 0.6) is 0 Å². The highest BCUT2D eigenvalue weighted by Crippen LogP contribution is 2.16. The van der Waals surface area contributed by atoms with E-state index in [1.54, 1.807) is 11.4 Å². The maximum absolute atomic E-state index is 11.3. The molecule has 0 aromatic carbocycles. The first kappa shape index (κ1) is 12.3. The first-order valence-electron chi connectivity index (χ1n) is 4.54. The molecule has 1 amide bonds. The van der Waals surface area contributed by atoms with Crippen LogP contribution in [0.4, 0.5) is 0 Å². The Morgan fingerprint density at radius 1 is 1.56 bits per heavy atom. The van der Waals surface area contributed by atoms with E-state index in [1.807, 2.05) is 0 Å². The summed E-state index contributed by atoms with van der Waals surface area (Å²) in [4.78, 5) is 22.3. The fraction of sp³-hybridized carbons (Fsp3) is 0.273. The zero-order valence-corrected chi connectivity index (χ0v) is 9.81. The van der Waals surface area contributed by atoms with Crippen LogP contribution < -0.4 is 5.32 Å². The first-order valence-corrected chi connectivity index (χ1v) is 5.42. The maximum atomic E-state index is 11.3. The second kappa shape index (κ2) is 5.93. The normalized spacial score (nSPS) is 8.88. The van der Waals surface area contributed by atoms with E-state index in [-0.39, 0.29) is 18.4 Å². The molecule has 0 aliphatic carbocycles. The second-order valence-electron chi connectivity index (χ2n) is 2.87. The Morgan fingerprint density at radius 3 is 2.94 bits per heavy atom. The third-order valence-corrected chi connectivity index (χ3v) is 2.58. The van der Waals surface area contributed by atoms with Gasteiger partial charge in [-0.2, -0.15) is 0 Å². The number of carbonyl (C=O) groups is 2. The van der Waals surface area contributed by atoms with E-state index in [1.165, 1.54) is 25.4 Å². The van der Waals surface area contributed by atoms with Gasteiger partial charge in [0, 0.05) is 12.5 Å². The smallest absolute Gasteiger partial charge is 0.349 e. The predicted molar refractivity (Wildman–Crippen MR) is 61.2 cm³/mol. The molecule has 1 rings (SSSR count). The summed E-state index contributed by atoms with van der Waals surface area (Å²) < 4.78 is 4.61. The molecule has 84 valence electrons. The van der Waals surface area contributed by atoms with Gasteiger partial charge in [-0.15, -0.1) is 11.3 Å². The highest BCUT2D eigenvalue weighted by Gasteiger charge is 2.11. The highest BCUT2D eigenvalue weighted by atomic mass is 32.1. The fourth-order valence-electron chi connectivity index (χ4n) is 0.967. The lowest BCUT2D eigenvalue weighted by Gasteiger charge is -1.95. The van der Waals surface area contributed by atoms with Gasteiger partial charge in [0.1, 0.15) is 4.88 Å². The second-order valence-corrected chi connectivity index (χ2v) is 3.78. The maximum Gasteiger partial charge on any atom is 0.349 e. The number of nitrogens with one attached hydrogen (secondary N) is 1. The van der Waals surface area contributed by atoms with Crippen molar-refractivity contribution < 1.29 is 14.3 Å². The molecular weight excluding hydrogens is 226 g/mol. The molecule has 0 saturated carbocycles. The molecule has 0 spiro atoms. The van der Waals surface area contributed by atoms with Crippen LogP contribution in [0, 0.1) is 11.8 Å². The molecule has 0 radical (unpaired) electrons. The van der Waals surface area contributed by atoms with E-state index in [2.05, 4.69) is 21.9 Å². The molecule has 1 N–H and O–H groups in total. The molecule has 1 aromatic rings. The molecule has 1 aromatic heterocycles. The molecule has 5 heteroatoms. The lowest BCUT2D eigenvalue weighted by molar-refractivity contribution is -0.118. The van der Waals surface area contributed by atoms with Crippen LogP contribution in [0.3, 0.4) is 0 Å². The Bertz CT molecular complexity index is 453. The number of methoxy groups -OCH3 is 1. The van der Waals surface area contributed by atoms with Crippen molar-refractivity contribution in [3.63, 3.8) is 0 Å². The number of rotatable bonds is 2. The molecule has 1 heterocycles. The SMILES string of the molecule is COC(=O)c1sccc1C#CCNC(C)=O. The Balaban J connectivity index is 2.70. The van der Waals surface area contributed by atoms with Crippen LogP contribution in [0.25, 0.3) is 0 Å². The highest BCUT2D eigenvalue weighted by molar-refractivity contribution is 7.12. The average molecular weight is 237 g/mol. The summed E-state index contributed by atoms with van der Waals surface area (Å²) in [5, 5.41) is 4.32. The lowest BCUT2D eigenvalue weighted by Crippen LogP contribution is -2.19. The largest absolute Gasteiger partial charge is 0.465 e. The van der Waals surface area contributed by atoms with Crippen LogP contribution in [0.2, 0.25) is 0 Å². The molecule has 0 bridgehead atoms. The van der Waals surface area contributed by atoms with Crippen molar-refractivity contribution in [3.05, 3.63) is 21.9 Å². The lowest BCUT2D eigenvalue weighted by atomic mass is 10.2. The third-order valence-electron chi connectivity index (χ3n) is 1.68. The van der Waals surface area contributed by atoms with Crippen LogP contribution in [-0.2, 0) is 9.53 Å². The minimum Gasteiger partial charge on any atom is -0.465 e. The van der Waals surface area contributed by atoms with Crippen LogP contribution in [0.15, 0.2) is 11.4 Å². The summed E-state index contributed by atoms with van der Waals surface area (Å²) in [5.74, 6) is 5.04. The van der Waals surface area contributed by atoms with Gasteiger partial charge in [0.15, 0.2) is 0 Å². The molecule has 4 nitrogen and oxygen atoms in total. The van der Waals surface area contributed by atoms with E-state index in [0.717, 1.165) is 0 Å². The molecule has 16 heavy (non-hydrogen) atoms. The van der Waals surface area contributed by atoms with Gasteiger partial charge in [-0.3, -0.25) is 4.79 Å². The Labute approximate surface area is 97.6 Å². The summed E-state index contributed by atoms with van der Waals surface area (Å²) in [7, 11) is 1.33. The van der Waals surface area contributed by atoms with Crippen molar-refractivity contribution >= 4 is 23.2 Å². The van der Waals surface area contributed by atoms with Crippen molar-refractivity contribution in [1.82, 2.24) is 5.32 Å². The number of hydrogen-bond donors (Lipinski definition) is 1. The Morgan fingerprint density at radius 2 is 2.31 bits per heavy atom. The van der Waals surface area contributed by atoms with Crippen molar-refractivity contribution in [2.75, 3.05) is 13.7 Å². The molecule has 0 atom stereocenters. The van der Waals surface area contributed by atoms with E-state index in [0.29, 0.717) is 10.4 Å². The summed E-state index contributed by atoms with van der Waals surface area (Å²) >= 11 is 1.28. The first-order chi connectivity index (χ1) is 7.65. The number of amides is 1. The van der Waals surface area contributed by atoms with Crippen molar-refractivity contribution in [1.29, 1.82) is 0 Å². The van der Waals surface area contributed by atoms with Crippen LogP contribution >= 0.6 is 11.3 Å². The van der Waals surface area contributed by atoms with E-state index >= 15 is 0 Å². The summed E-state index contributed by atoms with van der Waals surface area (Å²) in [6.07, 6.45) is 0. The zero-order chi connectivity index (χ0) is 12.0. The Hall–Kier alpha value is -1.80. The number of esters is 1. The van der Waals surface area contributed by atoms with E-state index in [9.17, 15) is 9.59 Å². The quantitative estimate of drug-likeness (QED) is 0.617. The molecular formula is C11H11NO3S. The molecule has 0 fully saturated rings. The monoisotopic (exact) mass is 237 g/mol. The third kappa shape index (κ3) is 3.41. The van der Waals surface area contributed by atoms with Gasteiger partial charge >= 0.3 is 5.97 Å². The Kier molecular flexibility index (Phi) is 4.55. The van der Waals surface area contributed by atoms with Crippen molar-refractivity contribution in [2.45, 2.75) is 6.92 Å². The molecule has 0 unspecified atom stereocenters. The predicted octanol–water partition coefficient (Wildman–Crippen LogP) is 1.02. The van der Waals surface area contributed by atoms with Crippen molar-refractivity contribution in [2.24, 2.45) is 0 Å². The van der Waals surface area contributed by atoms with Crippen LogP contribution in [-0.4, -0.2) is 25.5 Å². The number of hydrogen-bond acceptors (Lipinski definition) is 4. The molecule has 0 aliphatic rings. The van der Waals surface area contributed by atoms with Gasteiger partial charge in [-0.1, -0.05) is 11.8 Å². The van der Waals surface area contributed by atoms with Crippen molar-refractivity contribution in [3.8, 4) is 11.8 Å². The standard InChI is InChI=1S/C11H11NO3S/c1-8(13)12-6-3-4-9-5-7-16-10(9)11(14)15-2/h5,7H,6H2,1-2H3,(H,12,13). The zero-order valence-electron chi connectivity index (χ0n) is 8.99. The van der Waals surface area contributed by atoms with Crippen LogP contribution in [0.1, 0.15) is 22.2 Å². The number of carbonyl (C=O) groups excluding carboxylic acids is 2. The van der Waals surface area contributed by atoms with E-state index in [4.69, 9.17) is 0 Å². The summed E-state index contributed by atoms with van der Waals surface area (Å²) in [5.41, 5.74) is 0.627. The molecule has 0 saturated heterocycles. The topological polar surface area (TPSA) is 55.4 Å². The minimum atomic E-state index is -0.390. The van der Waals surface area contributed by atoms with Gasteiger partial charge < -0.3 is 10.1 Å². The van der Waals surface area contributed by atoms with Gasteiger partial charge in [0.2, 0.25) is 5.91 Å². The number of ether oxygens (including phenoxy) is 1. The summed E-state index contributed by atoms with van der Waals surface area (Å²) in [6.45, 7) is 1.69. The number of thiophene rings is 1. The van der Waals surface area contributed by atoms with Gasteiger partial charge in [-0.05, 0) is 11.4 Å².